The van der Waals surface area contributed by atoms with Crippen molar-refractivity contribution in [3.8, 4) is 5.75 Å². The largest absolute Gasteiger partial charge is 0.494 e. The van der Waals surface area contributed by atoms with Gasteiger partial charge in [-0.25, -0.2) is 0 Å². The summed E-state index contributed by atoms with van der Waals surface area (Å²) in [5, 5.41) is 9.11. The van der Waals surface area contributed by atoms with Crippen molar-refractivity contribution in [2.45, 2.75) is 38.0 Å². The number of hydrogen-bond donors (Lipinski definition) is 1. The zero-order valence-electron chi connectivity index (χ0n) is 13.9. The zero-order chi connectivity index (χ0) is 16.8. The first kappa shape index (κ1) is 16.6. The van der Waals surface area contributed by atoms with Crippen molar-refractivity contribution in [2.75, 3.05) is 6.61 Å². The van der Waals surface area contributed by atoms with Crippen molar-refractivity contribution >= 4 is 5.97 Å². The maximum atomic E-state index is 11.1. The van der Waals surface area contributed by atoms with Gasteiger partial charge in [0.05, 0.1) is 12.5 Å². The molecule has 0 saturated heterocycles. The van der Waals surface area contributed by atoms with Crippen LogP contribution >= 0.6 is 0 Å². The van der Waals surface area contributed by atoms with Crippen molar-refractivity contribution in [3.63, 3.8) is 0 Å². The number of hydrogen-bond acceptors (Lipinski definition) is 2. The second kappa shape index (κ2) is 8.00. The molecule has 3 nitrogen and oxygen atoms in total. The molecule has 1 aliphatic carbocycles. The number of carbonyl (C=O) groups is 1. The number of benzene rings is 2. The minimum atomic E-state index is -0.646. The SMILES string of the molecule is O=C(O)C1CCC(c2ccc(CCCOc3ccccc3)cc2)C1. The third-order valence-electron chi connectivity index (χ3n) is 4.85. The summed E-state index contributed by atoms with van der Waals surface area (Å²) in [5.41, 5.74) is 2.59. The van der Waals surface area contributed by atoms with Gasteiger partial charge in [0, 0.05) is 0 Å². The van der Waals surface area contributed by atoms with Gasteiger partial charge in [0.25, 0.3) is 0 Å². The van der Waals surface area contributed by atoms with Crippen LogP contribution in [-0.4, -0.2) is 17.7 Å². The summed E-state index contributed by atoms with van der Waals surface area (Å²) in [6.45, 7) is 0.717. The lowest BCUT2D eigenvalue weighted by Gasteiger charge is -2.11. The number of aliphatic carboxylic acids is 1. The Hall–Kier alpha value is -2.29. The highest BCUT2D eigenvalue weighted by atomic mass is 16.5. The monoisotopic (exact) mass is 324 g/mol. The van der Waals surface area contributed by atoms with E-state index in [4.69, 9.17) is 9.84 Å². The number of rotatable bonds is 7. The summed E-state index contributed by atoms with van der Waals surface area (Å²) in [7, 11) is 0. The van der Waals surface area contributed by atoms with Crippen LogP contribution in [0.3, 0.4) is 0 Å². The molecule has 0 spiro atoms. The minimum absolute atomic E-state index is 0.162. The highest BCUT2D eigenvalue weighted by molar-refractivity contribution is 5.70. The lowest BCUT2D eigenvalue weighted by atomic mass is 9.95. The molecule has 3 rings (SSSR count). The number of carboxylic acids is 1. The Kier molecular flexibility index (Phi) is 5.52. The van der Waals surface area contributed by atoms with Gasteiger partial charge in [-0.1, -0.05) is 42.5 Å². The predicted octanol–water partition coefficient (Wildman–Crippen LogP) is 4.67. The van der Waals surface area contributed by atoms with E-state index in [0.717, 1.165) is 37.9 Å². The van der Waals surface area contributed by atoms with Gasteiger partial charge in [0.15, 0.2) is 0 Å². The molecule has 0 amide bonds. The molecule has 0 radical (unpaired) electrons. The Morgan fingerprint density at radius 1 is 1.04 bits per heavy atom. The van der Waals surface area contributed by atoms with E-state index in [9.17, 15) is 4.79 Å². The highest BCUT2D eigenvalue weighted by Gasteiger charge is 2.30. The lowest BCUT2D eigenvalue weighted by Crippen LogP contribution is -2.09. The minimum Gasteiger partial charge on any atom is -0.494 e. The molecule has 24 heavy (non-hydrogen) atoms. The number of para-hydroxylation sites is 1. The van der Waals surface area contributed by atoms with E-state index >= 15 is 0 Å². The fourth-order valence-corrected chi connectivity index (χ4v) is 3.45. The van der Waals surface area contributed by atoms with Crippen molar-refractivity contribution < 1.29 is 14.6 Å². The van der Waals surface area contributed by atoms with E-state index in [2.05, 4.69) is 24.3 Å². The third-order valence-corrected chi connectivity index (χ3v) is 4.85. The summed E-state index contributed by atoms with van der Waals surface area (Å²) < 4.78 is 5.71. The van der Waals surface area contributed by atoms with Gasteiger partial charge < -0.3 is 9.84 Å². The molecular formula is C21H24O3. The van der Waals surface area contributed by atoms with Crippen LogP contribution in [0.5, 0.6) is 5.75 Å². The molecule has 2 aromatic rings. The van der Waals surface area contributed by atoms with Gasteiger partial charge in [-0.05, 0) is 61.3 Å². The second-order valence-electron chi connectivity index (χ2n) is 6.55. The fraction of sp³-hybridized carbons (Fsp3) is 0.381. The number of carboxylic acid groups (broad SMARTS) is 1. The van der Waals surface area contributed by atoms with Crippen LogP contribution in [0.15, 0.2) is 54.6 Å². The van der Waals surface area contributed by atoms with Crippen molar-refractivity contribution in [1.82, 2.24) is 0 Å². The molecule has 0 bridgehead atoms. The second-order valence-corrected chi connectivity index (χ2v) is 6.55. The van der Waals surface area contributed by atoms with Crippen LogP contribution in [0.25, 0.3) is 0 Å². The Morgan fingerprint density at radius 2 is 1.79 bits per heavy atom. The first-order chi connectivity index (χ1) is 11.7. The van der Waals surface area contributed by atoms with Gasteiger partial charge in [-0.15, -0.1) is 0 Å². The first-order valence-electron chi connectivity index (χ1n) is 8.72. The summed E-state index contributed by atoms with van der Waals surface area (Å²) in [5.74, 6) is 0.515. The first-order valence-corrected chi connectivity index (χ1v) is 8.72. The highest BCUT2D eigenvalue weighted by Crippen LogP contribution is 2.38. The van der Waals surface area contributed by atoms with E-state index in [1.807, 2.05) is 30.3 Å². The van der Waals surface area contributed by atoms with Crippen molar-refractivity contribution in [3.05, 3.63) is 65.7 Å². The van der Waals surface area contributed by atoms with Gasteiger partial charge in [-0.2, -0.15) is 0 Å². The Labute approximate surface area is 143 Å². The third kappa shape index (κ3) is 4.38. The quantitative estimate of drug-likeness (QED) is 0.753. The van der Waals surface area contributed by atoms with E-state index < -0.39 is 5.97 Å². The molecule has 1 fully saturated rings. The molecule has 0 aliphatic heterocycles. The Morgan fingerprint density at radius 3 is 2.46 bits per heavy atom. The van der Waals surface area contributed by atoms with Gasteiger partial charge in [-0.3, -0.25) is 4.79 Å². The van der Waals surface area contributed by atoms with Crippen LogP contribution in [0, 0.1) is 5.92 Å². The predicted molar refractivity (Wildman–Crippen MR) is 94.4 cm³/mol. The Bertz CT molecular complexity index is 649. The summed E-state index contributed by atoms with van der Waals surface area (Å²) >= 11 is 0. The number of ether oxygens (including phenoxy) is 1. The average Bonchev–Trinajstić information content (AvgIpc) is 3.11. The van der Waals surface area contributed by atoms with Gasteiger partial charge in [0.2, 0.25) is 0 Å². The molecule has 2 atom stereocenters. The summed E-state index contributed by atoms with van der Waals surface area (Å²) in [6, 6.07) is 18.6. The van der Waals surface area contributed by atoms with Crippen molar-refractivity contribution in [2.24, 2.45) is 5.92 Å². The molecule has 3 heteroatoms. The van der Waals surface area contributed by atoms with Gasteiger partial charge >= 0.3 is 5.97 Å². The number of aryl methyl sites for hydroxylation is 1. The molecule has 126 valence electrons. The molecule has 0 heterocycles. The molecule has 1 saturated carbocycles. The zero-order valence-corrected chi connectivity index (χ0v) is 13.9. The maximum Gasteiger partial charge on any atom is 0.306 e. The lowest BCUT2D eigenvalue weighted by molar-refractivity contribution is -0.141. The molecule has 2 unspecified atom stereocenters. The topological polar surface area (TPSA) is 46.5 Å². The summed E-state index contributed by atoms with van der Waals surface area (Å²) in [6.07, 6.45) is 4.55. The van der Waals surface area contributed by atoms with Crippen LogP contribution in [0.2, 0.25) is 0 Å². The molecule has 1 N–H and O–H groups in total. The van der Waals surface area contributed by atoms with Crippen LogP contribution in [0.4, 0.5) is 0 Å². The normalized spacial score (nSPS) is 20.0. The molecule has 1 aliphatic rings. The fourth-order valence-electron chi connectivity index (χ4n) is 3.45. The van der Waals surface area contributed by atoms with Crippen LogP contribution in [0.1, 0.15) is 42.7 Å². The standard InChI is InChI=1S/C21H24O3/c22-21(23)19-13-12-18(15-19)17-10-8-16(9-11-17)5-4-14-24-20-6-2-1-3-7-20/h1-3,6-11,18-19H,4-5,12-15H2,(H,22,23). The van der Waals surface area contributed by atoms with Gasteiger partial charge in [0.1, 0.15) is 5.75 Å². The molecule has 0 aromatic heterocycles. The molecule has 2 aromatic carbocycles. The van der Waals surface area contributed by atoms with E-state index in [-0.39, 0.29) is 5.92 Å². The van der Waals surface area contributed by atoms with Crippen LogP contribution < -0.4 is 4.74 Å². The smallest absolute Gasteiger partial charge is 0.306 e. The van der Waals surface area contributed by atoms with Crippen molar-refractivity contribution in [1.29, 1.82) is 0 Å². The van der Waals surface area contributed by atoms with E-state index in [0.29, 0.717) is 12.5 Å². The van der Waals surface area contributed by atoms with E-state index in [1.165, 1.54) is 11.1 Å². The van der Waals surface area contributed by atoms with Crippen LogP contribution in [-0.2, 0) is 11.2 Å². The summed E-state index contributed by atoms with van der Waals surface area (Å²) in [4.78, 5) is 11.1. The van der Waals surface area contributed by atoms with E-state index in [1.54, 1.807) is 0 Å². The Balaban J connectivity index is 1.44. The maximum absolute atomic E-state index is 11.1. The molecular weight excluding hydrogens is 300 g/mol. The average molecular weight is 324 g/mol.